The molecule has 4 rings (SSSR count). The molecular weight excluding hydrogens is 432 g/mol. The van der Waals surface area contributed by atoms with Crippen LogP contribution in [0.3, 0.4) is 0 Å². The van der Waals surface area contributed by atoms with Gasteiger partial charge in [0.2, 0.25) is 5.91 Å². The largest absolute Gasteiger partial charge is 0.357 e. The number of nitrogens with one attached hydrogen (secondary N) is 2. The summed E-state index contributed by atoms with van der Waals surface area (Å²) in [5.41, 5.74) is 1.39. The molecule has 1 saturated heterocycles. The molecule has 0 radical (unpaired) electrons. The number of hydrogen-bond donors (Lipinski definition) is 2. The number of likely N-dealkylation sites (N-methyl/N-ethyl adjacent to an activating group) is 1. The molecule has 1 aliphatic heterocycles. The van der Waals surface area contributed by atoms with Crippen molar-refractivity contribution in [2.45, 2.75) is 32.0 Å². The van der Waals surface area contributed by atoms with Gasteiger partial charge in [-0.2, -0.15) is 0 Å². The molecule has 0 unspecified atom stereocenters. The van der Waals surface area contributed by atoms with Gasteiger partial charge in [-0.1, -0.05) is 11.6 Å². The molecule has 9 nitrogen and oxygen atoms in total. The van der Waals surface area contributed by atoms with Gasteiger partial charge in [0.25, 0.3) is 0 Å². The second kappa shape index (κ2) is 9.44. The van der Waals surface area contributed by atoms with Crippen LogP contribution in [0, 0.1) is 0 Å². The lowest BCUT2D eigenvalue weighted by molar-refractivity contribution is -0.133. The number of hydrogen-bond acceptors (Lipinski definition) is 4. The van der Waals surface area contributed by atoms with Crippen molar-refractivity contribution in [2.75, 3.05) is 20.1 Å². The molecule has 1 atom stereocenters. The number of fused-ring (bicyclic) bond motifs is 1. The van der Waals surface area contributed by atoms with Crippen LogP contribution >= 0.6 is 11.6 Å². The molecule has 3 aromatic rings. The van der Waals surface area contributed by atoms with E-state index in [9.17, 15) is 14.4 Å². The lowest BCUT2D eigenvalue weighted by Gasteiger charge is -2.37. The molecule has 0 spiro atoms. The van der Waals surface area contributed by atoms with Crippen LogP contribution in [-0.4, -0.2) is 62.5 Å². The van der Waals surface area contributed by atoms with Crippen molar-refractivity contribution in [1.29, 1.82) is 0 Å². The number of likely N-dealkylation sites (tertiary alicyclic amines) is 1. The number of urea groups is 1. The Kier molecular flexibility index (Phi) is 6.45. The number of halogens is 1. The SMILES string of the molecule is CN(C(=O)NCc1cc2cc(Cl)ccc2[nH]1)[C@@H]1CCCN(C(=O)Cn2cccnc2=O)C1. The van der Waals surface area contributed by atoms with Crippen molar-refractivity contribution in [1.82, 2.24) is 29.7 Å². The van der Waals surface area contributed by atoms with E-state index in [2.05, 4.69) is 15.3 Å². The standard InChI is InChI=1S/C22H25ClN6O3/c1-27(21(31)25-12-17-11-15-10-16(23)5-6-19(15)26-17)18-4-2-8-28(13-18)20(30)14-29-9-3-7-24-22(29)32/h3,5-7,9-11,18,26H,2,4,8,12-14H2,1H3,(H,25,31)/t18-/m1/s1. The molecule has 2 N–H and O–H groups in total. The molecule has 0 saturated carbocycles. The fourth-order valence-corrected chi connectivity index (χ4v) is 4.15. The van der Waals surface area contributed by atoms with Crippen LogP contribution in [-0.2, 0) is 17.9 Å². The van der Waals surface area contributed by atoms with Crippen LogP contribution in [0.5, 0.6) is 0 Å². The van der Waals surface area contributed by atoms with E-state index in [1.165, 1.54) is 10.8 Å². The van der Waals surface area contributed by atoms with Crippen molar-refractivity contribution >= 4 is 34.4 Å². The van der Waals surface area contributed by atoms with Gasteiger partial charge in [0.1, 0.15) is 6.54 Å². The zero-order chi connectivity index (χ0) is 22.7. The summed E-state index contributed by atoms with van der Waals surface area (Å²) in [6.07, 6.45) is 4.55. The van der Waals surface area contributed by atoms with Crippen LogP contribution in [0.4, 0.5) is 4.79 Å². The normalized spacial score (nSPS) is 16.2. The molecule has 0 aliphatic carbocycles. The first-order chi connectivity index (χ1) is 15.4. The molecule has 168 valence electrons. The summed E-state index contributed by atoms with van der Waals surface area (Å²) >= 11 is 6.03. The van der Waals surface area contributed by atoms with E-state index < -0.39 is 5.69 Å². The summed E-state index contributed by atoms with van der Waals surface area (Å²) in [5, 5.41) is 4.58. The number of amides is 3. The summed E-state index contributed by atoms with van der Waals surface area (Å²) in [4.78, 5) is 47.5. The van der Waals surface area contributed by atoms with E-state index in [4.69, 9.17) is 11.6 Å². The molecule has 1 aliphatic rings. The summed E-state index contributed by atoms with van der Waals surface area (Å²) in [7, 11) is 1.74. The maximum absolute atomic E-state index is 12.7. The van der Waals surface area contributed by atoms with Crippen LogP contribution in [0.15, 0.2) is 47.5 Å². The highest BCUT2D eigenvalue weighted by Crippen LogP contribution is 2.20. The molecule has 0 bridgehead atoms. The predicted molar refractivity (Wildman–Crippen MR) is 121 cm³/mol. The number of piperidine rings is 1. The number of aromatic amines is 1. The van der Waals surface area contributed by atoms with Crippen LogP contribution in [0.2, 0.25) is 5.02 Å². The summed E-state index contributed by atoms with van der Waals surface area (Å²) in [5.74, 6) is -0.157. The molecule has 10 heteroatoms. The van der Waals surface area contributed by atoms with Crippen molar-refractivity contribution < 1.29 is 9.59 Å². The van der Waals surface area contributed by atoms with E-state index in [1.54, 1.807) is 29.1 Å². The summed E-state index contributed by atoms with van der Waals surface area (Å²) in [6.45, 7) is 1.34. The van der Waals surface area contributed by atoms with E-state index in [0.29, 0.717) is 24.7 Å². The van der Waals surface area contributed by atoms with E-state index >= 15 is 0 Å². The highest BCUT2D eigenvalue weighted by molar-refractivity contribution is 6.31. The summed E-state index contributed by atoms with van der Waals surface area (Å²) in [6, 6.07) is 8.87. The fourth-order valence-electron chi connectivity index (χ4n) is 3.97. The van der Waals surface area contributed by atoms with Gasteiger partial charge in [0.05, 0.1) is 12.6 Å². The minimum atomic E-state index is -0.454. The zero-order valence-electron chi connectivity index (χ0n) is 17.8. The van der Waals surface area contributed by atoms with Crippen LogP contribution < -0.4 is 11.0 Å². The number of aromatic nitrogens is 3. The van der Waals surface area contributed by atoms with E-state index in [0.717, 1.165) is 29.4 Å². The number of H-pyrrole nitrogens is 1. The third-order valence-electron chi connectivity index (χ3n) is 5.77. The number of benzene rings is 1. The Balaban J connectivity index is 1.33. The Hall–Kier alpha value is -3.33. The highest BCUT2D eigenvalue weighted by atomic mass is 35.5. The molecular formula is C22H25ClN6O3. The predicted octanol–water partition coefficient (Wildman–Crippen LogP) is 2.21. The highest BCUT2D eigenvalue weighted by Gasteiger charge is 2.28. The van der Waals surface area contributed by atoms with Gasteiger partial charge in [-0.05, 0) is 43.2 Å². The Bertz CT molecular complexity index is 1190. The van der Waals surface area contributed by atoms with Gasteiger partial charge in [-0.15, -0.1) is 0 Å². The zero-order valence-corrected chi connectivity index (χ0v) is 18.5. The smallest absolute Gasteiger partial charge is 0.347 e. The molecule has 2 aromatic heterocycles. The van der Waals surface area contributed by atoms with Crippen molar-refractivity contribution in [3.8, 4) is 0 Å². The minimum absolute atomic E-state index is 0.0558. The number of carbonyl (C=O) groups is 2. The Labute approximate surface area is 190 Å². The number of carbonyl (C=O) groups excluding carboxylic acids is 2. The Morgan fingerprint density at radius 1 is 1.34 bits per heavy atom. The van der Waals surface area contributed by atoms with E-state index in [-0.39, 0.29) is 24.5 Å². The van der Waals surface area contributed by atoms with Gasteiger partial charge < -0.3 is 20.1 Å². The molecule has 3 heterocycles. The maximum atomic E-state index is 12.7. The van der Waals surface area contributed by atoms with Gasteiger partial charge in [0.15, 0.2) is 0 Å². The minimum Gasteiger partial charge on any atom is -0.357 e. The van der Waals surface area contributed by atoms with Gasteiger partial charge in [-0.25, -0.2) is 14.6 Å². The number of nitrogens with zero attached hydrogens (tertiary/aromatic N) is 4. The lowest BCUT2D eigenvalue weighted by Crippen LogP contribution is -2.53. The lowest BCUT2D eigenvalue weighted by atomic mass is 10.0. The first kappa shape index (κ1) is 21.9. The van der Waals surface area contributed by atoms with Crippen molar-refractivity contribution in [2.24, 2.45) is 0 Å². The molecule has 1 aromatic carbocycles. The molecule has 32 heavy (non-hydrogen) atoms. The average Bonchev–Trinajstić information content (AvgIpc) is 3.20. The van der Waals surface area contributed by atoms with Crippen molar-refractivity contribution in [3.05, 3.63) is 63.9 Å². The third-order valence-corrected chi connectivity index (χ3v) is 6.01. The first-order valence-corrected chi connectivity index (χ1v) is 10.9. The molecule has 3 amide bonds. The van der Waals surface area contributed by atoms with Crippen molar-refractivity contribution in [3.63, 3.8) is 0 Å². The van der Waals surface area contributed by atoms with Gasteiger partial charge >= 0.3 is 11.7 Å². The third kappa shape index (κ3) is 4.94. The number of rotatable bonds is 5. The van der Waals surface area contributed by atoms with Crippen LogP contribution in [0.1, 0.15) is 18.5 Å². The quantitative estimate of drug-likeness (QED) is 0.614. The van der Waals surface area contributed by atoms with Crippen LogP contribution in [0.25, 0.3) is 10.9 Å². The Morgan fingerprint density at radius 3 is 3.00 bits per heavy atom. The second-order valence-electron chi connectivity index (χ2n) is 7.96. The second-order valence-corrected chi connectivity index (χ2v) is 8.40. The maximum Gasteiger partial charge on any atom is 0.347 e. The fraction of sp³-hybridized carbons (Fsp3) is 0.364. The van der Waals surface area contributed by atoms with E-state index in [1.807, 2.05) is 24.3 Å². The first-order valence-electron chi connectivity index (χ1n) is 10.5. The monoisotopic (exact) mass is 456 g/mol. The summed E-state index contributed by atoms with van der Waals surface area (Å²) < 4.78 is 1.29. The van der Waals surface area contributed by atoms with Gasteiger partial charge in [0, 0.05) is 54.2 Å². The van der Waals surface area contributed by atoms with Gasteiger partial charge in [-0.3, -0.25) is 9.36 Å². The topological polar surface area (TPSA) is 103 Å². The molecule has 1 fully saturated rings. The Morgan fingerprint density at radius 2 is 2.19 bits per heavy atom. The average molecular weight is 457 g/mol.